The van der Waals surface area contributed by atoms with Gasteiger partial charge in [0.05, 0.1) is 40.2 Å². The Hall–Kier alpha value is -5.04. The number of aliphatic hydroxyl groups is 1. The van der Waals surface area contributed by atoms with Crippen LogP contribution in [0.4, 0.5) is 16.4 Å². The van der Waals surface area contributed by atoms with Gasteiger partial charge in [-0.05, 0) is 43.7 Å². The molecule has 300 valence electrons. The summed E-state index contributed by atoms with van der Waals surface area (Å²) in [6.45, 7) is 13.5. The smallest absolute Gasteiger partial charge is 0.323 e. The number of halogens is 1. The van der Waals surface area contributed by atoms with E-state index in [4.69, 9.17) is 26.7 Å². The van der Waals surface area contributed by atoms with E-state index in [1.165, 1.54) is 6.20 Å². The summed E-state index contributed by atoms with van der Waals surface area (Å²) in [5.41, 5.74) is 1.61. The Kier molecular flexibility index (Phi) is 10.5. The highest BCUT2D eigenvalue weighted by Gasteiger charge is 2.64. The van der Waals surface area contributed by atoms with Crippen LogP contribution in [0.5, 0.6) is 5.75 Å². The van der Waals surface area contributed by atoms with Gasteiger partial charge >= 0.3 is 6.03 Å². The number of rotatable bonds is 9. The Morgan fingerprint density at radius 3 is 2.39 bits per heavy atom. The fourth-order valence-corrected chi connectivity index (χ4v) is 10.0. The quantitative estimate of drug-likeness (QED) is 0.204. The lowest BCUT2D eigenvalue weighted by Crippen LogP contribution is -2.74. The zero-order valence-corrected chi connectivity index (χ0v) is 33.6. The summed E-state index contributed by atoms with van der Waals surface area (Å²) in [5.74, 6) is 1.49. The fourth-order valence-electron chi connectivity index (χ4n) is 9.80. The number of aromatic nitrogens is 5. The summed E-state index contributed by atoms with van der Waals surface area (Å²) >= 11 is 6.19. The highest BCUT2D eigenvalue weighted by atomic mass is 35.5. The molecule has 57 heavy (non-hydrogen) atoms. The number of hydrogen-bond donors (Lipinski definition) is 3. The van der Waals surface area contributed by atoms with E-state index in [0.29, 0.717) is 42.2 Å². The number of urea groups is 1. The third kappa shape index (κ3) is 7.46. The second-order valence-electron chi connectivity index (χ2n) is 17.1. The van der Waals surface area contributed by atoms with Gasteiger partial charge in [0.25, 0.3) is 5.91 Å². The molecule has 1 atom stereocenters. The van der Waals surface area contributed by atoms with Gasteiger partial charge in [-0.3, -0.25) is 14.4 Å². The molecule has 15 nitrogen and oxygen atoms in total. The molecular weight excluding hydrogens is 746 g/mol. The lowest BCUT2D eigenvalue weighted by Gasteiger charge is -2.63. The fraction of sp³-hybridized carbons (Fsp3) is 0.537. The molecule has 1 aliphatic carbocycles. The second-order valence-corrected chi connectivity index (χ2v) is 17.5. The van der Waals surface area contributed by atoms with Crippen molar-refractivity contribution < 1.29 is 19.4 Å². The third-order valence-corrected chi connectivity index (χ3v) is 12.9. The van der Waals surface area contributed by atoms with Crippen LogP contribution in [0.25, 0.3) is 10.9 Å². The van der Waals surface area contributed by atoms with Crippen molar-refractivity contribution in [3.8, 4) is 11.8 Å². The predicted octanol–water partition coefficient (Wildman–Crippen LogP) is 5.15. The van der Waals surface area contributed by atoms with Crippen LogP contribution in [0.1, 0.15) is 81.9 Å². The zero-order valence-electron chi connectivity index (χ0n) is 32.9. The van der Waals surface area contributed by atoms with E-state index in [2.05, 4.69) is 73.8 Å². The predicted molar refractivity (Wildman–Crippen MR) is 215 cm³/mol. The van der Waals surface area contributed by atoms with Crippen molar-refractivity contribution >= 4 is 46.1 Å². The molecule has 4 aromatic rings. The highest BCUT2D eigenvalue weighted by molar-refractivity contribution is 6.31. The van der Waals surface area contributed by atoms with Crippen molar-refractivity contribution in [1.29, 1.82) is 5.26 Å². The molecule has 1 unspecified atom stereocenters. The van der Waals surface area contributed by atoms with E-state index in [9.17, 15) is 14.7 Å². The average molecular weight is 796 g/mol. The molecule has 3 saturated heterocycles. The molecule has 3 amide bonds. The van der Waals surface area contributed by atoms with Gasteiger partial charge in [-0.2, -0.15) is 10.4 Å². The number of carbonyl (C=O) groups excluding carboxylic acids is 2. The Morgan fingerprint density at radius 2 is 1.72 bits per heavy atom. The number of carbonyl (C=O) groups is 2. The van der Waals surface area contributed by atoms with Crippen LogP contribution >= 0.6 is 11.6 Å². The summed E-state index contributed by atoms with van der Waals surface area (Å²) in [7, 11) is 0. The van der Waals surface area contributed by atoms with Gasteiger partial charge in [0.1, 0.15) is 24.2 Å². The van der Waals surface area contributed by atoms with Gasteiger partial charge in [0.2, 0.25) is 5.95 Å². The van der Waals surface area contributed by atoms with Crippen LogP contribution in [-0.2, 0) is 0 Å². The highest BCUT2D eigenvalue weighted by Crippen LogP contribution is 2.55. The van der Waals surface area contributed by atoms with Crippen molar-refractivity contribution in [2.45, 2.75) is 84.2 Å². The number of nitriles is 1. The molecule has 8 rings (SSSR count). The Bertz CT molecular complexity index is 2160. The number of nitrogens with one attached hydrogen (secondary N) is 2. The molecule has 4 fully saturated rings. The van der Waals surface area contributed by atoms with Crippen molar-refractivity contribution in [2.75, 3.05) is 49.1 Å². The normalized spacial score (nSPS) is 24.1. The van der Waals surface area contributed by atoms with E-state index in [0.717, 1.165) is 75.0 Å². The summed E-state index contributed by atoms with van der Waals surface area (Å²) in [4.78, 5) is 45.8. The molecule has 0 spiro atoms. The number of anilines is 2. The van der Waals surface area contributed by atoms with Crippen LogP contribution in [0.2, 0.25) is 5.02 Å². The van der Waals surface area contributed by atoms with Gasteiger partial charge in [-0.25, -0.2) is 19.7 Å². The first-order chi connectivity index (χ1) is 27.3. The monoisotopic (exact) mass is 795 g/mol. The van der Waals surface area contributed by atoms with Gasteiger partial charge in [-0.15, -0.1) is 0 Å². The SMILES string of the molecule is CC1(C)C(NC(=O)c2cnc(N3CCC(CN4CCC(n5ncc6c(N7CCC(O)NC7=O)cccc65)CC4)CC3)nc2)C(C)(C)C1Oc1cnc(C#N)c(Cl)c1. The first-order valence-corrected chi connectivity index (χ1v) is 20.3. The number of fused-ring (bicyclic) bond motifs is 1. The largest absolute Gasteiger partial charge is 0.487 e. The number of piperidine rings is 2. The molecule has 6 heterocycles. The molecular formula is C41H50ClN11O4. The van der Waals surface area contributed by atoms with Crippen LogP contribution < -0.4 is 25.2 Å². The third-order valence-electron chi connectivity index (χ3n) is 12.6. The number of benzene rings is 1. The molecule has 16 heteroatoms. The van der Waals surface area contributed by atoms with Gasteiger partial charge < -0.3 is 30.3 Å². The van der Waals surface area contributed by atoms with Crippen molar-refractivity contribution in [3.63, 3.8) is 0 Å². The maximum atomic E-state index is 13.4. The summed E-state index contributed by atoms with van der Waals surface area (Å²) in [6, 6.07) is 9.40. The number of ether oxygens (including phenoxy) is 1. The minimum Gasteiger partial charge on any atom is -0.487 e. The molecule has 3 aromatic heterocycles. The summed E-state index contributed by atoms with van der Waals surface area (Å²) in [5, 5.41) is 30.8. The molecule has 4 aliphatic rings. The lowest BCUT2D eigenvalue weighted by atomic mass is 9.49. The number of nitrogens with zero attached hydrogens (tertiary/aromatic N) is 9. The van der Waals surface area contributed by atoms with Crippen LogP contribution in [0.3, 0.4) is 0 Å². The minimum atomic E-state index is -0.804. The Balaban J connectivity index is 0.799. The number of aliphatic hydroxyl groups excluding tert-OH is 1. The summed E-state index contributed by atoms with van der Waals surface area (Å²) in [6.07, 6.45) is 10.2. The van der Waals surface area contributed by atoms with E-state index < -0.39 is 17.1 Å². The van der Waals surface area contributed by atoms with Crippen LogP contribution in [0, 0.1) is 28.1 Å². The standard InChI is InChI=1S/C41H50ClN11O4/c1-40(2)36(41(3,4)37(40)57-28-18-30(42)31(19-43)44-22-28)49-35(55)26-20-45-38(46-21-26)51-15-8-25(9-16-51)24-50-13-10-27(11-14-50)53-33-7-5-6-32(29(33)23-47-53)52-17-12-34(54)48-39(52)56/h5-7,18,20-23,25,27,34,36-37,54H,8-17,24H2,1-4H3,(H,48,56)(H,49,55). The average Bonchev–Trinajstić information content (AvgIpc) is 3.64. The maximum absolute atomic E-state index is 13.4. The maximum Gasteiger partial charge on any atom is 0.323 e. The molecule has 1 saturated carbocycles. The molecule has 3 N–H and O–H groups in total. The van der Waals surface area contributed by atoms with E-state index in [1.807, 2.05) is 24.4 Å². The van der Waals surface area contributed by atoms with Gasteiger partial charge in [-0.1, -0.05) is 45.4 Å². The molecule has 0 radical (unpaired) electrons. The van der Waals surface area contributed by atoms with Crippen LogP contribution in [0.15, 0.2) is 49.1 Å². The van der Waals surface area contributed by atoms with Crippen molar-refractivity contribution in [1.82, 2.24) is 40.3 Å². The minimum absolute atomic E-state index is 0.149. The number of pyridine rings is 1. The number of hydrogen-bond acceptors (Lipinski definition) is 11. The first-order valence-electron chi connectivity index (χ1n) is 19.9. The van der Waals surface area contributed by atoms with Crippen LogP contribution in [-0.4, -0.2) is 104 Å². The van der Waals surface area contributed by atoms with E-state index in [1.54, 1.807) is 23.4 Å². The van der Waals surface area contributed by atoms with E-state index in [-0.39, 0.29) is 34.8 Å². The second kappa shape index (κ2) is 15.4. The topological polar surface area (TPSA) is 178 Å². The number of likely N-dealkylation sites (tertiary alicyclic amines) is 1. The zero-order chi connectivity index (χ0) is 40.1. The molecule has 1 aromatic carbocycles. The van der Waals surface area contributed by atoms with Crippen molar-refractivity contribution in [2.24, 2.45) is 16.7 Å². The first kappa shape index (κ1) is 38.8. The van der Waals surface area contributed by atoms with Gasteiger partial charge in [0, 0.05) is 86.4 Å². The Morgan fingerprint density at radius 1 is 1.00 bits per heavy atom. The van der Waals surface area contributed by atoms with Crippen molar-refractivity contribution in [3.05, 3.63) is 65.3 Å². The summed E-state index contributed by atoms with van der Waals surface area (Å²) < 4.78 is 8.44. The molecule has 3 aliphatic heterocycles. The lowest BCUT2D eigenvalue weighted by molar-refractivity contribution is -0.164. The Labute approximate surface area is 337 Å². The van der Waals surface area contributed by atoms with Gasteiger partial charge in [0.15, 0.2) is 5.69 Å². The molecule has 0 bridgehead atoms. The van der Waals surface area contributed by atoms with E-state index >= 15 is 0 Å². The number of amides is 3.